The van der Waals surface area contributed by atoms with E-state index in [4.69, 9.17) is 11.6 Å². The number of carbonyl (C=O) groups excluding carboxylic acids is 1. The Balaban J connectivity index is 1.68. The number of piperazine rings is 1. The molecule has 1 saturated heterocycles. The van der Waals surface area contributed by atoms with Gasteiger partial charge in [0.05, 0.1) is 10.7 Å². The number of carbonyl (C=O) groups is 1. The van der Waals surface area contributed by atoms with E-state index in [0.29, 0.717) is 36.8 Å². The molecule has 1 aromatic heterocycles. The van der Waals surface area contributed by atoms with Crippen LogP contribution in [0.1, 0.15) is 15.9 Å². The molecule has 3 rings (SSSR count). The zero-order chi connectivity index (χ0) is 16.4. The summed E-state index contributed by atoms with van der Waals surface area (Å²) in [6.45, 7) is 4.47. The van der Waals surface area contributed by atoms with Gasteiger partial charge >= 0.3 is 0 Å². The third kappa shape index (κ3) is 3.24. The molecule has 120 valence electrons. The van der Waals surface area contributed by atoms with E-state index in [1.807, 2.05) is 6.07 Å². The predicted molar refractivity (Wildman–Crippen MR) is 90.2 cm³/mol. The molecule has 0 bridgehead atoms. The zero-order valence-electron chi connectivity index (χ0n) is 12.9. The minimum Gasteiger partial charge on any atom is -0.508 e. The molecule has 1 amide bonds. The summed E-state index contributed by atoms with van der Waals surface area (Å²) in [6, 6.07) is 6.93. The van der Waals surface area contributed by atoms with Crippen LogP contribution in [0.4, 0.5) is 5.69 Å². The van der Waals surface area contributed by atoms with Crippen LogP contribution in [-0.4, -0.2) is 47.1 Å². The highest BCUT2D eigenvalue weighted by atomic mass is 35.5. The number of phenols is 1. The summed E-state index contributed by atoms with van der Waals surface area (Å²) in [5.74, 6) is 0.0961. The Kier molecular flexibility index (Phi) is 4.39. The van der Waals surface area contributed by atoms with Gasteiger partial charge in [0, 0.05) is 44.1 Å². The smallest absolute Gasteiger partial charge is 0.254 e. The van der Waals surface area contributed by atoms with Crippen molar-refractivity contribution < 1.29 is 9.90 Å². The molecule has 0 atom stereocenters. The van der Waals surface area contributed by atoms with Crippen LogP contribution in [0.2, 0.25) is 5.02 Å². The number of aromatic hydroxyl groups is 1. The van der Waals surface area contributed by atoms with E-state index >= 15 is 0 Å². The number of nitrogens with zero attached hydrogens (tertiary/aromatic N) is 3. The molecule has 0 unspecified atom stereocenters. The summed E-state index contributed by atoms with van der Waals surface area (Å²) in [6.07, 6.45) is 3.34. The number of rotatable bonds is 2. The van der Waals surface area contributed by atoms with Gasteiger partial charge in [0.2, 0.25) is 0 Å². The Morgan fingerprint density at radius 3 is 2.61 bits per heavy atom. The van der Waals surface area contributed by atoms with Gasteiger partial charge in [0.25, 0.3) is 5.91 Å². The second-order valence-corrected chi connectivity index (χ2v) is 6.01. The summed E-state index contributed by atoms with van der Waals surface area (Å²) in [7, 11) is 0. The van der Waals surface area contributed by atoms with E-state index in [0.717, 1.165) is 11.3 Å². The summed E-state index contributed by atoms with van der Waals surface area (Å²) < 4.78 is 0. The molecule has 5 nitrogen and oxygen atoms in total. The Morgan fingerprint density at radius 1 is 1.22 bits per heavy atom. The molecule has 2 heterocycles. The standard InChI is InChI=1S/C17H18ClN3O2/c1-12-2-3-13(10-16(12)22)17(23)21-8-6-20(7-9-21)15-4-5-19-11-14(15)18/h2-5,10-11,22H,6-9H2,1H3. The number of aromatic nitrogens is 1. The number of phenolic OH excluding ortho intramolecular Hbond substituents is 1. The number of benzene rings is 1. The molecule has 6 heteroatoms. The van der Waals surface area contributed by atoms with E-state index in [-0.39, 0.29) is 11.7 Å². The molecule has 1 N–H and O–H groups in total. The fourth-order valence-corrected chi connectivity index (χ4v) is 2.94. The maximum absolute atomic E-state index is 12.5. The first-order chi connectivity index (χ1) is 11.1. The molecular formula is C17H18ClN3O2. The fourth-order valence-electron chi connectivity index (χ4n) is 2.70. The summed E-state index contributed by atoms with van der Waals surface area (Å²) in [4.78, 5) is 20.5. The normalized spacial score (nSPS) is 14.9. The van der Waals surface area contributed by atoms with Gasteiger partial charge in [-0.2, -0.15) is 0 Å². The highest BCUT2D eigenvalue weighted by Gasteiger charge is 2.23. The van der Waals surface area contributed by atoms with Crippen molar-refractivity contribution in [2.24, 2.45) is 0 Å². The van der Waals surface area contributed by atoms with Gasteiger partial charge in [-0.15, -0.1) is 0 Å². The Morgan fingerprint density at radius 2 is 1.96 bits per heavy atom. The van der Waals surface area contributed by atoms with Crippen molar-refractivity contribution in [2.75, 3.05) is 31.1 Å². The summed E-state index contributed by atoms with van der Waals surface area (Å²) in [5, 5.41) is 10.4. The monoisotopic (exact) mass is 331 g/mol. The first-order valence-corrected chi connectivity index (χ1v) is 7.87. The highest BCUT2D eigenvalue weighted by Crippen LogP contribution is 2.25. The first-order valence-electron chi connectivity index (χ1n) is 7.49. The van der Waals surface area contributed by atoms with E-state index in [9.17, 15) is 9.90 Å². The van der Waals surface area contributed by atoms with Crippen molar-refractivity contribution in [1.82, 2.24) is 9.88 Å². The Labute approximate surface area is 140 Å². The minimum absolute atomic E-state index is 0.0548. The molecule has 1 fully saturated rings. The van der Waals surface area contributed by atoms with Gasteiger partial charge in [-0.25, -0.2) is 0 Å². The Bertz CT molecular complexity index is 728. The summed E-state index contributed by atoms with van der Waals surface area (Å²) >= 11 is 6.17. The number of aryl methyl sites for hydroxylation is 1. The lowest BCUT2D eigenvalue weighted by Gasteiger charge is -2.36. The molecule has 1 aromatic carbocycles. The average Bonchev–Trinajstić information content (AvgIpc) is 2.57. The third-order valence-corrected chi connectivity index (χ3v) is 4.41. The van der Waals surface area contributed by atoms with Gasteiger partial charge in [-0.1, -0.05) is 17.7 Å². The molecule has 23 heavy (non-hydrogen) atoms. The SMILES string of the molecule is Cc1ccc(C(=O)N2CCN(c3ccncc3Cl)CC2)cc1O. The average molecular weight is 332 g/mol. The van der Waals surface area contributed by atoms with Crippen molar-refractivity contribution in [3.63, 3.8) is 0 Å². The van der Waals surface area contributed by atoms with Crippen molar-refractivity contribution in [1.29, 1.82) is 0 Å². The zero-order valence-corrected chi connectivity index (χ0v) is 13.6. The van der Waals surface area contributed by atoms with Crippen LogP contribution in [0.5, 0.6) is 5.75 Å². The lowest BCUT2D eigenvalue weighted by Crippen LogP contribution is -2.48. The van der Waals surface area contributed by atoms with Gasteiger partial charge in [-0.3, -0.25) is 9.78 Å². The van der Waals surface area contributed by atoms with E-state index in [1.165, 1.54) is 6.07 Å². The molecule has 1 aliphatic rings. The number of hydrogen-bond acceptors (Lipinski definition) is 4. The predicted octanol–water partition coefficient (Wildman–Crippen LogP) is 2.71. The van der Waals surface area contributed by atoms with Crippen LogP contribution in [0.25, 0.3) is 0 Å². The van der Waals surface area contributed by atoms with E-state index < -0.39 is 0 Å². The third-order valence-electron chi connectivity index (χ3n) is 4.11. The molecule has 0 spiro atoms. The largest absolute Gasteiger partial charge is 0.508 e. The van der Waals surface area contributed by atoms with Crippen LogP contribution in [-0.2, 0) is 0 Å². The maximum Gasteiger partial charge on any atom is 0.254 e. The number of pyridine rings is 1. The first kappa shape index (κ1) is 15.6. The van der Waals surface area contributed by atoms with Crippen LogP contribution in [0.3, 0.4) is 0 Å². The van der Waals surface area contributed by atoms with Gasteiger partial charge in [-0.05, 0) is 30.7 Å². The molecule has 1 aliphatic heterocycles. The number of amides is 1. The molecular weight excluding hydrogens is 314 g/mol. The van der Waals surface area contributed by atoms with Crippen LogP contribution in [0.15, 0.2) is 36.7 Å². The van der Waals surface area contributed by atoms with Crippen LogP contribution < -0.4 is 4.90 Å². The maximum atomic E-state index is 12.5. The molecule has 0 radical (unpaired) electrons. The van der Waals surface area contributed by atoms with Gasteiger partial charge < -0.3 is 14.9 Å². The topological polar surface area (TPSA) is 56.7 Å². The van der Waals surface area contributed by atoms with Crippen molar-refractivity contribution in [2.45, 2.75) is 6.92 Å². The molecule has 0 aliphatic carbocycles. The second-order valence-electron chi connectivity index (χ2n) is 5.61. The highest BCUT2D eigenvalue weighted by molar-refractivity contribution is 6.33. The van der Waals surface area contributed by atoms with Crippen LogP contribution >= 0.6 is 11.6 Å². The van der Waals surface area contributed by atoms with E-state index in [2.05, 4.69) is 9.88 Å². The number of hydrogen-bond donors (Lipinski definition) is 1. The van der Waals surface area contributed by atoms with Gasteiger partial charge in [0.15, 0.2) is 0 Å². The minimum atomic E-state index is -0.0548. The van der Waals surface area contributed by atoms with Gasteiger partial charge in [0.1, 0.15) is 5.75 Å². The van der Waals surface area contributed by atoms with E-state index in [1.54, 1.807) is 36.4 Å². The Hall–Kier alpha value is -2.27. The van der Waals surface area contributed by atoms with Crippen molar-refractivity contribution in [3.8, 4) is 5.75 Å². The number of anilines is 1. The number of halogens is 1. The summed E-state index contributed by atoms with van der Waals surface area (Å²) in [5.41, 5.74) is 2.23. The van der Waals surface area contributed by atoms with Crippen LogP contribution in [0, 0.1) is 6.92 Å². The van der Waals surface area contributed by atoms with Crippen molar-refractivity contribution in [3.05, 3.63) is 52.8 Å². The second kappa shape index (κ2) is 6.46. The molecule has 2 aromatic rings. The fraction of sp³-hybridized carbons (Fsp3) is 0.294. The lowest BCUT2D eigenvalue weighted by atomic mass is 10.1. The lowest BCUT2D eigenvalue weighted by molar-refractivity contribution is 0.0746. The van der Waals surface area contributed by atoms with Crippen molar-refractivity contribution >= 4 is 23.2 Å². The quantitative estimate of drug-likeness (QED) is 0.919. The molecule has 0 saturated carbocycles.